The first-order valence-corrected chi connectivity index (χ1v) is 6.89. The Bertz CT molecular complexity index is 246. The molecule has 0 aromatic heterocycles. The lowest BCUT2D eigenvalue weighted by atomic mass is 10.3. The van der Waals surface area contributed by atoms with Crippen LogP contribution in [0.5, 0.6) is 5.75 Å². The molecular formula is C10H16O2P+. The Morgan fingerprint density at radius 3 is 2.31 bits per heavy atom. The van der Waals surface area contributed by atoms with E-state index < -0.39 is 7.72 Å². The van der Waals surface area contributed by atoms with Crippen LogP contribution in [0, 0.1) is 0 Å². The van der Waals surface area contributed by atoms with Crippen molar-refractivity contribution in [2.75, 3.05) is 19.9 Å². The minimum atomic E-state index is -1.66. The summed E-state index contributed by atoms with van der Waals surface area (Å²) < 4.78 is 11.3. The van der Waals surface area contributed by atoms with Gasteiger partial charge in [-0.15, -0.1) is 0 Å². The van der Waals surface area contributed by atoms with E-state index in [0.717, 1.165) is 5.75 Å². The van der Waals surface area contributed by atoms with Gasteiger partial charge in [0.2, 0.25) is 0 Å². The molecule has 0 amide bonds. The fourth-order valence-electron chi connectivity index (χ4n) is 1.07. The monoisotopic (exact) mass is 199 g/mol. The van der Waals surface area contributed by atoms with Crippen molar-refractivity contribution >= 4 is 7.72 Å². The predicted octanol–water partition coefficient (Wildman–Crippen LogP) is 3.21. The SMILES string of the molecule is CCO[P+](C)(C)Oc1ccccc1. The summed E-state index contributed by atoms with van der Waals surface area (Å²) in [5.74, 6) is 0.884. The predicted molar refractivity (Wildman–Crippen MR) is 57.5 cm³/mol. The molecule has 0 unspecified atom stereocenters. The molecular weight excluding hydrogens is 183 g/mol. The van der Waals surface area contributed by atoms with Gasteiger partial charge in [0, 0.05) is 0 Å². The third kappa shape index (κ3) is 3.75. The van der Waals surface area contributed by atoms with Gasteiger partial charge in [-0.1, -0.05) is 18.2 Å². The van der Waals surface area contributed by atoms with Crippen molar-refractivity contribution in [3.8, 4) is 5.75 Å². The summed E-state index contributed by atoms with van der Waals surface area (Å²) >= 11 is 0. The summed E-state index contributed by atoms with van der Waals surface area (Å²) in [6.45, 7) is 6.72. The van der Waals surface area contributed by atoms with Gasteiger partial charge in [0.1, 0.15) is 13.3 Å². The van der Waals surface area contributed by atoms with Crippen molar-refractivity contribution in [2.45, 2.75) is 6.92 Å². The summed E-state index contributed by atoms with van der Waals surface area (Å²) in [6, 6.07) is 9.78. The van der Waals surface area contributed by atoms with Crippen LogP contribution in [0.3, 0.4) is 0 Å². The summed E-state index contributed by atoms with van der Waals surface area (Å²) in [5, 5.41) is 0. The van der Waals surface area contributed by atoms with Crippen LogP contribution in [0.25, 0.3) is 0 Å². The van der Waals surface area contributed by atoms with Gasteiger partial charge in [0.15, 0.2) is 5.75 Å². The van der Waals surface area contributed by atoms with Crippen molar-refractivity contribution in [1.29, 1.82) is 0 Å². The first kappa shape index (κ1) is 10.5. The van der Waals surface area contributed by atoms with Crippen LogP contribution in [0.1, 0.15) is 6.92 Å². The molecule has 1 aromatic rings. The van der Waals surface area contributed by atoms with E-state index >= 15 is 0 Å². The van der Waals surface area contributed by atoms with E-state index in [1.165, 1.54) is 0 Å². The highest BCUT2D eigenvalue weighted by molar-refractivity contribution is 7.65. The van der Waals surface area contributed by atoms with E-state index in [-0.39, 0.29) is 0 Å². The Morgan fingerprint density at radius 2 is 1.77 bits per heavy atom. The van der Waals surface area contributed by atoms with E-state index in [9.17, 15) is 0 Å². The molecule has 0 radical (unpaired) electrons. The highest BCUT2D eigenvalue weighted by Gasteiger charge is 2.29. The van der Waals surface area contributed by atoms with Crippen LogP contribution in [-0.4, -0.2) is 19.9 Å². The molecule has 13 heavy (non-hydrogen) atoms. The van der Waals surface area contributed by atoms with Crippen molar-refractivity contribution in [1.82, 2.24) is 0 Å². The molecule has 0 fully saturated rings. The molecule has 0 N–H and O–H groups in total. The zero-order valence-corrected chi connectivity index (χ0v) is 9.25. The molecule has 0 heterocycles. The smallest absolute Gasteiger partial charge is 0.313 e. The molecule has 0 saturated carbocycles. The largest absolute Gasteiger partial charge is 0.320 e. The molecule has 72 valence electrons. The average molecular weight is 199 g/mol. The van der Waals surface area contributed by atoms with E-state index in [1.54, 1.807) is 0 Å². The summed E-state index contributed by atoms with van der Waals surface area (Å²) in [6.07, 6.45) is 0. The van der Waals surface area contributed by atoms with Gasteiger partial charge in [0.05, 0.1) is 6.61 Å². The number of rotatable bonds is 4. The van der Waals surface area contributed by atoms with Crippen molar-refractivity contribution in [2.24, 2.45) is 0 Å². The number of para-hydroxylation sites is 1. The maximum atomic E-state index is 5.73. The van der Waals surface area contributed by atoms with Crippen LogP contribution in [0.15, 0.2) is 30.3 Å². The Labute approximate surface area is 80.4 Å². The maximum Gasteiger partial charge on any atom is 0.313 e. The molecule has 0 aliphatic heterocycles. The lowest BCUT2D eigenvalue weighted by molar-refractivity contribution is 0.323. The first-order valence-electron chi connectivity index (χ1n) is 4.37. The lowest BCUT2D eigenvalue weighted by Crippen LogP contribution is -2.02. The van der Waals surface area contributed by atoms with E-state index in [4.69, 9.17) is 9.05 Å². The van der Waals surface area contributed by atoms with Gasteiger partial charge >= 0.3 is 7.72 Å². The highest BCUT2D eigenvalue weighted by atomic mass is 31.2. The molecule has 3 heteroatoms. The van der Waals surface area contributed by atoms with Crippen molar-refractivity contribution in [3.63, 3.8) is 0 Å². The molecule has 1 aromatic carbocycles. The summed E-state index contributed by atoms with van der Waals surface area (Å²) in [7, 11) is -1.66. The van der Waals surface area contributed by atoms with Crippen LogP contribution >= 0.6 is 7.72 Å². The van der Waals surface area contributed by atoms with E-state index in [0.29, 0.717) is 6.61 Å². The average Bonchev–Trinajstić information content (AvgIpc) is 2.04. The summed E-state index contributed by atoms with van der Waals surface area (Å²) in [5.41, 5.74) is 0. The topological polar surface area (TPSA) is 18.5 Å². The number of hydrogen-bond acceptors (Lipinski definition) is 2. The first-order chi connectivity index (χ1) is 6.14. The third-order valence-electron chi connectivity index (χ3n) is 1.51. The molecule has 0 saturated heterocycles. The van der Waals surface area contributed by atoms with Gasteiger partial charge in [-0.3, -0.25) is 0 Å². The van der Waals surface area contributed by atoms with Crippen LogP contribution in [0.4, 0.5) is 0 Å². The van der Waals surface area contributed by atoms with Crippen molar-refractivity contribution < 1.29 is 9.05 Å². The quantitative estimate of drug-likeness (QED) is 0.693. The normalized spacial score (nSPS) is 11.3. The molecule has 0 bridgehead atoms. The third-order valence-corrected chi connectivity index (χ3v) is 3.04. The summed E-state index contributed by atoms with van der Waals surface area (Å²) in [4.78, 5) is 0. The Balaban J connectivity index is 2.58. The number of hydrogen-bond donors (Lipinski definition) is 0. The van der Waals surface area contributed by atoms with Crippen LogP contribution < -0.4 is 4.52 Å². The lowest BCUT2D eigenvalue weighted by Gasteiger charge is -2.15. The second kappa shape index (κ2) is 4.59. The van der Waals surface area contributed by atoms with E-state index in [1.807, 2.05) is 50.6 Å². The Hall–Kier alpha value is -0.590. The van der Waals surface area contributed by atoms with Gasteiger partial charge < -0.3 is 4.52 Å². The molecule has 1 rings (SSSR count). The van der Waals surface area contributed by atoms with Gasteiger partial charge in [-0.05, 0) is 19.1 Å². The second-order valence-corrected chi connectivity index (χ2v) is 6.02. The zero-order valence-electron chi connectivity index (χ0n) is 8.36. The standard InChI is InChI=1S/C10H16O2P/c1-4-11-13(2,3)12-10-8-6-5-7-9-10/h5-9H,4H2,1-3H3/q+1. The minimum absolute atomic E-state index is 0.702. The highest BCUT2D eigenvalue weighted by Crippen LogP contribution is 2.52. The van der Waals surface area contributed by atoms with Gasteiger partial charge in [-0.25, -0.2) is 0 Å². The van der Waals surface area contributed by atoms with Crippen LogP contribution in [0.2, 0.25) is 0 Å². The number of benzene rings is 1. The maximum absolute atomic E-state index is 5.73. The molecule has 0 atom stereocenters. The fourth-order valence-corrected chi connectivity index (χ4v) is 2.38. The molecule has 0 aliphatic carbocycles. The molecule has 0 spiro atoms. The van der Waals surface area contributed by atoms with Gasteiger partial charge in [0.25, 0.3) is 0 Å². The Morgan fingerprint density at radius 1 is 1.15 bits per heavy atom. The Kier molecular flexibility index (Phi) is 3.71. The molecule has 0 aliphatic rings. The van der Waals surface area contributed by atoms with E-state index in [2.05, 4.69) is 0 Å². The van der Waals surface area contributed by atoms with Gasteiger partial charge in [-0.2, -0.15) is 4.52 Å². The van der Waals surface area contributed by atoms with Crippen LogP contribution in [-0.2, 0) is 4.52 Å². The fraction of sp³-hybridized carbons (Fsp3) is 0.400. The second-order valence-electron chi connectivity index (χ2n) is 3.07. The molecule has 2 nitrogen and oxygen atoms in total. The minimum Gasteiger partial charge on any atom is -0.320 e. The zero-order chi connectivity index (χ0) is 9.73. The van der Waals surface area contributed by atoms with Crippen molar-refractivity contribution in [3.05, 3.63) is 30.3 Å².